The first kappa shape index (κ1) is 13.1. The van der Waals surface area contributed by atoms with Gasteiger partial charge in [0.15, 0.2) is 0 Å². The Hall–Kier alpha value is -1.33. The number of benzene rings is 1. The van der Waals surface area contributed by atoms with Gasteiger partial charge in [0.25, 0.3) is 0 Å². The number of nitrogens with one attached hydrogen (secondary N) is 1. The summed E-state index contributed by atoms with van der Waals surface area (Å²) in [5.41, 5.74) is 3.13. The Morgan fingerprint density at radius 2 is 2.11 bits per heavy atom. The van der Waals surface area contributed by atoms with Gasteiger partial charge in [0.1, 0.15) is 11.5 Å². The highest BCUT2D eigenvalue weighted by Crippen LogP contribution is 2.24. The summed E-state index contributed by atoms with van der Waals surface area (Å²) in [6.45, 7) is 5.29. The Bertz CT molecular complexity index is 532. The predicted molar refractivity (Wildman–Crippen MR) is 72.3 cm³/mol. The van der Waals surface area contributed by atoms with Gasteiger partial charge < -0.3 is 14.9 Å². The van der Waals surface area contributed by atoms with Crippen LogP contribution in [0.1, 0.15) is 22.6 Å². The highest BCUT2D eigenvalue weighted by Gasteiger charge is 2.08. The Labute approximate surface area is 114 Å². The lowest BCUT2D eigenvalue weighted by Gasteiger charge is -2.06. The third-order valence-electron chi connectivity index (χ3n) is 2.82. The van der Waals surface area contributed by atoms with Crippen LogP contribution in [0.3, 0.4) is 0 Å². The molecule has 0 fully saturated rings. The Kier molecular flexibility index (Phi) is 4.04. The molecular formula is C13H15BrN2O2. The van der Waals surface area contributed by atoms with Crippen LogP contribution >= 0.6 is 15.9 Å². The van der Waals surface area contributed by atoms with E-state index in [2.05, 4.69) is 26.4 Å². The van der Waals surface area contributed by atoms with Gasteiger partial charge in [-0.25, -0.2) is 0 Å². The second kappa shape index (κ2) is 5.54. The molecule has 0 atom stereocenters. The lowest BCUT2D eigenvalue weighted by molar-refractivity contribution is 0.392. The van der Waals surface area contributed by atoms with Crippen molar-refractivity contribution in [1.82, 2.24) is 10.5 Å². The average Bonchev–Trinajstić information content (AvgIpc) is 2.65. The van der Waals surface area contributed by atoms with Gasteiger partial charge in [0.2, 0.25) is 0 Å². The summed E-state index contributed by atoms with van der Waals surface area (Å²) in [5.74, 6) is 1.11. The lowest BCUT2D eigenvalue weighted by atomic mass is 10.2. The molecular weight excluding hydrogens is 296 g/mol. The van der Waals surface area contributed by atoms with Crippen molar-refractivity contribution in [1.29, 1.82) is 0 Å². The van der Waals surface area contributed by atoms with E-state index >= 15 is 0 Å². The highest BCUT2D eigenvalue weighted by atomic mass is 79.9. The van der Waals surface area contributed by atoms with Crippen LogP contribution in [0.5, 0.6) is 5.75 Å². The summed E-state index contributed by atoms with van der Waals surface area (Å²) in [7, 11) is 0. The molecule has 0 unspecified atom stereocenters. The summed E-state index contributed by atoms with van der Waals surface area (Å²) in [6.07, 6.45) is 0. The first-order valence-electron chi connectivity index (χ1n) is 5.68. The zero-order valence-electron chi connectivity index (χ0n) is 10.3. The average molecular weight is 311 g/mol. The van der Waals surface area contributed by atoms with E-state index in [1.54, 1.807) is 6.07 Å². The molecule has 0 bridgehead atoms. The number of hydrogen-bond acceptors (Lipinski definition) is 4. The van der Waals surface area contributed by atoms with Gasteiger partial charge in [-0.15, -0.1) is 0 Å². The molecule has 1 aromatic heterocycles. The maximum absolute atomic E-state index is 9.40. The third kappa shape index (κ3) is 2.91. The number of phenols is 1. The highest BCUT2D eigenvalue weighted by molar-refractivity contribution is 9.10. The maximum Gasteiger partial charge on any atom is 0.138 e. The number of hydrogen-bond donors (Lipinski definition) is 2. The normalized spacial score (nSPS) is 10.8. The van der Waals surface area contributed by atoms with Crippen molar-refractivity contribution in [2.75, 3.05) is 0 Å². The standard InChI is InChI=1S/C13H15BrN2O2/c1-8-11(9(2)18-16-8)7-15-6-10-3-4-13(17)12(14)5-10/h3-5,15,17H,6-7H2,1-2H3. The Morgan fingerprint density at radius 1 is 1.33 bits per heavy atom. The minimum Gasteiger partial charge on any atom is -0.507 e. The molecule has 18 heavy (non-hydrogen) atoms. The van der Waals surface area contributed by atoms with Gasteiger partial charge in [-0.05, 0) is 47.5 Å². The van der Waals surface area contributed by atoms with Crippen molar-refractivity contribution in [2.24, 2.45) is 0 Å². The van der Waals surface area contributed by atoms with Crippen LogP contribution < -0.4 is 5.32 Å². The zero-order chi connectivity index (χ0) is 13.1. The fourth-order valence-corrected chi connectivity index (χ4v) is 2.17. The Balaban J connectivity index is 1.94. The van der Waals surface area contributed by atoms with Gasteiger partial charge >= 0.3 is 0 Å². The van der Waals surface area contributed by atoms with E-state index in [1.165, 1.54) is 0 Å². The second-order valence-electron chi connectivity index (χ2n) is 4.19. The molecule has 1 aromatic carbocycles. The number of aromatic hydroxyl groups is 1. The predicted octanol–water partition coefficient (Wildman–Crippen LogP) is 3.05. The second-order valence-corrected chi connectivity index (χ2v) is 5.05. The third-order valence-corrected chi connectivity index (χ3v) is 3.46. The molecule has 1 heterocycles. The summed E-state index contributed by atoms with van der Waals surface area (Å²) >= 11 is 3.30. The summed E-state index contributed by atoms with van der Waals surface area (Å²) in [4.78, 5) is 0. The molecule has 0 saturated carbocycles. The topological polar surface area (TPSA) is 58.3 Å². The van der Waals surface area contributed by atoms with Crippen molar-refractivity contribution in [2.45, 2.75) is 26.9 Å². The van der Waals surface area contributed by atoms with Crippen molar-refractivity contribution in [3.8, 4) is 5.75 Å². The number of nitrogens with zero attached hydrogens (tertiary/aromatic N) is 1. The molecule has 0 radical (unpaired) electrons. The summed E-state index contributed by atoms with van der Waals surface area (Å²) < 4.78 is 5.81. The smallest absolute Gasteiger partial charge is 0.138 e. The fourth-order valence-electron chi connectivity index (χ4n) is 1.75. The number of aryl methyl sites for hydroxylation is 2. The lowest BCUT2D eigenvalue weighted by Crippen LogP contribution is -2.13. The molecule has 4 nitrogen and oxygen atoms in total. The van der Waals surface area contributed by atoms with Crippen molar-refractivity contribution >= 4 is 15.9 Å². The van der Waals surface area contributed by atoms with Crippen molar-refractivity contribution < 1.29 is 9.63 Å². The molecule has 5 heteroatoms. The van der Waals surface area contributed by atoms with Crippen LogP contribution in [-0.4, -0.2) is 10.3 Å². The molecule has 0 amide bonds. The van der Waals surface area contributed by atoms with E-state index in [4.69, 9.17) is 4.52 Å². The monoisotopic (exact) mass is 310 g/mol. The number of aromatic nitrogens is 1. The molecule has 2 aromatic rings. The minimum absolute atomic E-state index is 0.254. The van der Waals surface area contributed by atoms with Gasteiger partial charge in [0, 0.05) is 18.7 Å². The molecule has 2 N–H and O–H groups in total. The van der Waals surface area contributed by atoms with Crippen LogP contribution in [0.4, 0.5) is 0 Å². The van der Waals surface area contributed by atoms with Crippen molar-refractivity contribution in [3.63, 3.8) is 0 Å². The number of halogens is 1. The van der Waals surface area contributed by atoms with Crippen LogP contribution in [0.25, 0.3) is 0 Å². The maximum atomic E-state index is 9.40. The molecule has 0 saturated heterocycles. The number of rotatable bonds is 4. The molecule has 2 rings (SSSR count). The quantitative estimate of drug-likeness (QED) is 0.911. The van der Waals surface area contributed by atoms with Crippen LogP contribution in [0.15, 0.2) is 27.2 Å². The van der Waals surface area contributed by atoms with Gasteiger partial charge in [-0.2, -0.15) is 0 Å². The largest absolute Gasteiger partial charge is 0.507 e. The van der Waals surface area contributed by atoms with Gasteiger partial charge in [0.05, 0.1) is 10.2 Å². The first-order valence-corrected chi connectivity index (χ1v) is 6.47. The van der Waals surface area contributed by atoms with Gasteiger partial charge in [-0.1, -0.05) is 11.2 Å². The van der Waals surface area contributed by atoms with E-state index in [-0.39, 0.29) is 5.75 Å². The fraction of sp³-hybridized carbons (Fsp3) is 0.308. The molecule has 0 aliphatic rings. The van der Waals surface area contributed by atoms with Crippen LogP contribution in [-0.2, 0) is 13.1 Å². The van der Waals surface area contributed by atoms with E-state index in [0.717, 1.165) is 35.7 Å². The molecule has 0 aliphatic carbocycles. The van der Waals surface area contributed by atoms with Crippen LogP contribution in [0.2, 0.25) is 0 Å². The van der Waals surface area contributed by atoms with E-state index < -0.39 is 0 Å². The SMILES string of the molecule is Cc1noc(C)c1CNCc1ccc(O)c(Br)c1. The number of phenolic OH excluding ortho intramolecular Hbond substituents is 1. The van der Waals surface area contributed by atoms with Crippen molar-refractivity contribution in [3.05, 3.63) is 45.3 Å². The summed E-state index contributed by atoms with van der Waals surface area (Å²) in [6, 6.07) is 5.47. The Morgan fingerprint density at radius 3 is 2.72 bits per heavy atom. The molecule has 0 aliphatic heterocycles. The molecule has 0 spiro atoms. The molecule has 96 valence electrons. The van der Waals surface area contributed by atoms with Crippen LogP contribution in [0, 0.1) is 13.8 Å². The van der Waals surface area contributed by atoms with E-state index in [1.807, 2.05) is 26.0 Å². The van der Waals surface area contributed by atoms with E-state index in [0.29, 0.717) is 4.47 Å². The minimum atomic E-state index is 0.254. The van der Waals surface area contributed by atoms with Gasteiger partial charge in [-0.3, -0.25) is 0 Å². The van der Waals surface area contributed by atoms with E-state index in [9.17, 15) is 5.11 Å². The first-order chi connectivity index (χ1) is 8.58. The zero-order valence-corrected chi connectivity index (χ0v) is 11.9. The summed E-state index contributed by atoms with van der Waals surface area (Å²) in [5, 5.41) is 16.6.